The van der Waals surface area contributed by atoms with Gasteiger partial charge in [-0.3, -0.25) is 9.59 Å². The zero-order chi connectivity index (χ0) is 15.0. The van der Waals surface area contributed by atoms with Crippen molar-refractivity contribution in [1.29, 1.82) is 0 Å². The Labute approximate surface area is 127 Å². The fourth-order valence-electron chi connectivity index (χ4n) is 2.56. The molecule has 2 amide bonds. The SMILES string of the molecule is Nc1cc(Cl)ccc1N1C(=O)CC(c2ccccc2)C1=O. The summed E-state index contributed by atoms with van der Waals surface area (Å²) in [5.41, 5.74) is 7.43. The van der Waals surface area contributed by atoms with E-state index >= 15 is 0 Å². The zero-order valence-corrected chi connectivity index (χ0v) is 11.9. The molecule has 2 N–H and O–H groups in total. The molecule has 4 nitrogen and oxygen atoms in total. The summed E-state index contributed by atoms with van der Waals surface area (Å²) in [6.45, 7) is 0. The number of carbonyl (C=O) groups is 2. The smallest absolute Gasteiger partial charge is 0.241 e. The van der Waals surface area contributed by atoms with Gasteiger partial charge in [-0.2, -0.15) is 0 Å². The maximum absolute atomic E-state index is 12.6. The van der Waals surface area contributed by atoms with Gasteiger partial charge in [0.15, 0.2) is 0 Å². The number of nitrogens with two attached hydrogens (primary N) is 1. The van der Waals surface area contributed by atoms with E-state index in [1.54, 1.807) is 12.1 Å². The van der Waals surface area contributed by atoms with Crippen molar-refractivity contribution in [2.45, 2.75) is 12.3 Å². The molecule has 0 aliphatic carbocycles. The standard InChI is InChI=1S/C16H13ClN2O2/c17-11-6-7-14(13(18)8-11)19-15(20)9-12(16(19)21)10-4-2-1-3-5-10/h1-8,12H,9,18H2. The number of anilines is 2. The lowest BCUT2D eigenvalue weighted by molar-refractivity contribution is -0.121. The molecule has 1 saturated heterocycles. The van der Waals surface area contributed by atoms with Gasteiger partial charge in [0.2, 0.25) is 11.8 Å². The number of hydrogen-bond donors (Lipinski definition) is 1. The van der Waals surface area contributed by atoms with Crippen LogP contribution in [0.25, 0.3) is 0 Å². The van der Waals surface area contributed by atoms with Crippen LogP contribution in [0, 0.1) is 0 Å². The summed E-state index contributed by atoms with van der Waals surface area (Å²) in [5, 5.41) is 0.468. The van der Waals surface area contributed by atoms with Crippen LogP contribution in [-0.2, 0) is 9.59 Å². The maximum atomic E-state index is 12.6. The molecule has 5 heteroatoms. The lowest BCUT2D eigenvalue weighted by atomic mass is 9.98. The molecule has 3 rings (SSSR count). The summed E-state index contributed by atoms with van der Waals surface area (Å²) in [4.78, 5) is 25.9. The Morgan fingerprint density at radius 1 is 1.10 bits per heavy atom. The van der Waals surface area contributed by atoms with Crippen LogP contribution < -0.4 is 10.6 Å². The Hall–Kier alpha value is -2.33. The van der Waals surface area contributed by atoms with Crippen molar-refractivity contribution in [1.82, 2.24) is 0 Å². The van der Waals surface area contributed by atoms with E-state index < -0.39 is 5.92 Å². The minimum Gasteiger partial charge on any atom is -0.397 e. The van der Waals surface area contributed by atoms with Crippen LogP contribution >= 0.6 is 11.6 Å². The van der Waals surface area contributed by atoms with Crippen LogP contribution in [0.4, 0.5) is 11.4 Å². The highest BCUT2D eigenvalue weighted by molar-refractivity contribution is 6.31. The Bertz CT molecular complexity index is 715. The first-order valence-corrected chi connectivity index (χ1v) is 6.92. The minimum atomic E-state index is -0.450. The van der Waals surface area contributed by atoms with E-state index in [0.29, 0.717) is 16.4 Å². The average Bonchev–Trinajstić information content (AvgIpc) is 2.76. The van der Waals surface area contributed by atoms with E-state index in [-0.39, 0.29) is 18.2 Å². The molecule has 1 heterocycles. The largest absolute Gasteiger partial charge is 0.397 e. The summed E-state index contributed by atoms with van der Waals surface area (Å²) in [6.07, 6.45) is 0.158. The Morgan fingerprint density at radius 2 is 1.81 bits per heavy atom. The number of benzene rings is 2. The van der Waals surface area contributed by atoms with Crippen LogP contribution in [-0.4, -0.2) is 11.8 Å². The molecule has 1 fully saturated rings. The molecule has 21 heavy (non-hydrogen) atoms. The van der Waals surface area contributed by atoms with Gasteiger partial charge in [-0.25, -0.2) is 4.90 Å². The molecule has 0 aromatic heterocycles. The van der Waals surface area contributed by atoms with Gasteiger partial charge in [0.1, 0.15) is 0 Å². The van der Waals surface area contributed by atoms with Crippen molar-refractivity contribution in [2.75, 3.05) is 10.6 Å². The van der Waals surface area contributed by atoms with E-state index in [2.05, 4.69) is 0 Å². The Balaban J connectivity index is 1.98. The maximum Gasteiger partial charge on any atom is 0.241 e. The number of halogens is 1. The molecule has 2 aromatic carbocycles. The summed E-state index contributed by atoms with van der Waals surface area (Å²) in [6, 6.07) is 14.0. The normalized spacial score (nSPS) is 18.3. The summed E-state index contributed by atoms with van der Waals surface area (Å²) in [7, 11) is 0. The van der Waals surface area contributed by atoms with E-state index in [1.165, 1.54) is 6.07 Å². The summed E-state index contributed by atoms with van der Waals surface area (Å²) >= 11 is 5.85. The second-order valence-corrected chi connectivity index (χ2v) is 5.37. The predicted molar refractivity (Wildman–Crippen MR) is 82.2 cm³/mol. The van der Waals surface area contributed by atoms with Gasteiger partial charge in [0.25, 0.3) is 0 Å². The quantitative estimate of drug-likeness (QED) is 0.685. The minimum absolute atomic E-state index is 0.158. The molecular formula is C16H13ClN2O2. The first kappa shape index (κ1) is 13.6. The summed E-state index contributed by atoms with van der Waals surface area (Å²) in [5.74, 6) is -0.947. The monoisotopic (exact) mass is 300 g/mol. The van der Waals surface area contributed by atoms with Crippen molar-refractivity contribution in [2.24, 2.45) is 0 Å². The third kappa shape index (κ3) is 2.38. The first-order valence-electron chi connectivity index (χ1n) is 6.54. The fraction of sp³-hybridized carbons (Fsp3) is 0.125. The van der Waals surface area contributed by atoms with Crippen LogP contribution in [0.2, 0.25) is 5.02 Å². The molecular weight excluding hydrogens is 288 g/mol. The van der Waals surface area contributed by atoms with Crippen LogP contribution in [0.15, 0.2) is 48.5 Å². The first-order chi connectivity index (χ1) is 10.1. The molecule has 1 unspecified atom stereocenters. The van der Waals surface area contributed by atoms with Crippen molar-refractivity contribution in [3.63, 3.8) is 0 Å². The topological polar surface area (TPSA) is 63.4 Å². The number of rotatable bonds is 2. The van der Waals surface area contributed by atoms with E-state index in [1.807, 2.05) is 30.3 Å². The van der Waals surface area contributed by atoms with Gasteiger partial charge in [0, 0.05) is 11.4 Å². The van der Waals surface area contributed by atoms with Gasteiger partial charge in [-0.1, -0.05) is 41.9 Å². The molecule has 1 aliphatic heterocycles. The molecule has 0 radical (unpaired) electrons. The average molecular weight is 301 g/mol. The predicted octanol–water partition coefficient (Wildman–Crippen LogP) is 2.97. The fourth-order valence-corrected chi connectivity index (χ4v) is 2.74. The van der Waals surface area contributed by atoms with Gasteiger partial charge in [-0.15, -0.1) is 0 Å². The molecule has 0 spiro atoms. The highest BCUT2D eigenvalue weighted by Gasteiger charge is 2.40. The van der Waals surface area contributed by atoms with Gasteiger partial charge < -0.3 is 5.73 Å². The Kier molecular flexibility index (Phi) is 3.39. The third-order valence-electron chi connectivity index (χ3n) is 3.58. The van der Waals surface area contributed by atoms with Crippen LogP contribution in [0.5, 0.6) is 0 Å². The van der Waals surface area contributed by atoms with Crippen molar-refractivity contribution < 1.29 is 9.59 Å². The second-order valence-electron chi connectivity index (χ2n) is 4.94. The number of nitrogens with zero attached hydrogens (tertiary/aromatic N) is 1. The van der Waals surface area contributed by atoms with E-state index in [0.717, 1.165) is 10.5 Å². The van der Waals surface area contributed by atoms with Gasteiger partial charge in [0.05, 0.1) is 17.3 Å². The van der Waals surface area contributed by atoms with Crippen molar-refractivity contribution in [3.8, 4) is 0 Å². The van der Waals surface area contributed by atoms with Crippen LogP contribution in [0.3, 0.4) is 0 Å². The molecule has 1 aliphatic rings. The number of nitrogen functional groups attached to an aromatic ring is 1. The number of carbonyl (C=O) groups excluding carboxylic acids is 2. The van der Waals surface area contributed by atoms with Crippen LogP contribution in [0.1, 0.15) is 17.9 Å². The van der Waals surface area contributed by atoms with Crippen molar-refractivity contribution >= 4 is 34.8 Å². The number of imide groups is 1. The lowest BCUT2D eigenvalue weighted by Crippen LogP contribution is -2.30. The highest BCUT2D eigenvalue weighted by atomic mass is 35.5. The van der Waals surface area contributed by atoms with Gasteiger partial charge >= 0.3 is 0 Å². The highest BCUT2D eigenvalue weighted by Crippen LogP contribution is 2.36. The van der Waals surface area contributed by atoms with E-state index in [4.69, 9.17) is 17.3 Å². The molecule has 0 bridgehead atoms. The van der Waals surface area contributed by atoms with E-state index in [9.17, 15) is 9.59 Å². The molecule has 2 aromatic rings. The molecule has 106 valence electrons. The zero-order valence-electron chi connectivity index (χ0n) is 11.1. The number of amides is 2. The Morgan fingerprint density at radius 3 is 2.48 bits per heavy atom. The second kappa shape index (κ2) is 5.22. The molecule has 0 saturated carbocycles. The lowest BCUT2D eigenvalue weighted by Gasteiger charge is -2.17. The third-order valence-corrected chi connectivity index (χ3v) is 3.81. The van der Waals surface area contributed by atoms with Crippen molar-refractivity contribution in [3.05, 3.63) is 59.1 Å². The summed E-state index contributed by atoms with van der Waals surface area (Å²) < 4.78 is 0. The van der Waals surface area contributed by atoms with Gasteiger partial charge in [-0.05, 0) is 23.8 Å². The number of hydrogen-bond acceptors (Lipinski definition) is 3. The molecule has 1 atom stereocenters.